The summed E-state index contributed by atoms with van der Waals surface area (Å²) < 4.78 is 53.1. The first-order chi connectivity index (χ1) is 49.5. The first-order valence-corrected chi connectivity index (χ1v) is 35.4. The summed E-state index contributed by atoms with van der Waals surface area (Å²) >= 11 is 1.14. The van der Waals surface area contributed by atoms with Gasteiger partial charge in [-0.15, -0.1) is 12.4 Å². The van der Waals surface area contributed by atoms with Gasteiger partial charge in [-0.2, -0.15) is 0 Å². The Morgan fingerprint density at radius 1 is 0.433 bits per heavy atom. The highest BCUT2D eigenvalue weighted by Crippen LogP contribution is 2.58. The maximum atomic E-state index is 14.5. The van der Waals surface area contributed by atoms with Crippen LogP contribution in [0.2, 0.25) is 0 Å². The van der Waals surface area contributed by atoms with Gasteiger partial charge in [-0.25, -0.2) is 9.79 Å². The molecule has 572 valence electrons. The molecule has 1 saturated carbocycles. The number of nitrogens with two attached hydrogens (primary N) is 10. The fourth-order valence-electron chi connectivity index (χ4n) is 11.7. The van der Waals surface area contributed by atoms with Gasteiger partial charge in [-0.3, -0.25) is 58.5 Å². The van der Waals surface area contributed by atoms with Crippen LogP contribution in [0.4, 0.5) is 5.69 Å². The van der Waals surface area contributed by atoms with Gasteiger partial charge in [-0.05, 0) is 119 Å². The third-order valence-electron chi connectivity index (χ3n) is 16.5. The van der Waals surface area contributed by atoms with Crippen molar-refractivity contribution in [2.75, 3.05) is 39.3 Å². The Bertz CT molecular complexity index is 3380. The van der Waals surface area contributed by atoms with Crippen molar-refractivity contribution in [2.45, 2.75) is 196 Å². The van der Waals surface area contributed by atoms with Gasteiger partial charge in [0.25, 0.3) is 0 Å². The summed E-state index contributed by atoms with van der Waals surface area (Å²) in [7, 11) is 0. The van der Waals surface area contributed by atoms with Gasteiger partial charge in [0, 0.05) is 107 Å². The van der Waals surface area contributed by atoms with Crippen LogP contribution in [0.5, 0.6) is 23.0 Å². The normalized spacial score (nSPS) is 17.2. The van der Waals surface area contributed by atoms with E-state index in [1.807, 2.05) is 0 Å². The number of guanidine groups is 5. The van der Waals surface area contributed by atoms with Crippen LogP contribution in [0.1, 0.15) is 181 Å². The third kappa shape index (κ3) is 27.6. The van der Waals surface area contributed by atoms with E-state index in [2.05, 4.69) is 34.7 Å². The lowest BCUT2D eigenvalue weighted by atomic mass is 9.77. The number of hydrogen-bond donors (Lipinski definition) is 13. The molecule has 104 heavy (non-hydrogen) atoms. The van der Waals surface area contributed by atoms with E-state index in [0.29, 0.717) is 106 Å². The first-order valence-electron chi connectivity index (χ1n) is 34.5. The molecule has 1 aliphatic carbocycles. The van der Waals surface area contributed by atoms with Crippen LogP contribution in [-0.4, -0.2) is 163 Å². The number of nitrogens with zero attached hydrogens (tertiary/aromatic N) is 6. The van der Waals surface area contributed by atoms with Crippen molar-refractivity contribution in [2.24, 2.45) is 87.3 Å². The number of benzene rings is 3. The maximum Gasteiger partial charge on any atom is 0.342 e. The van der Waals surface area contributed by atoms with Crippen molar-refractivity contribution in [3.05, 3.63) is 76.9 Å². The second-order valence-electron chi connectivity index (χ2n) is 24.6. The first kappa shape index (κ1) is 84.6. The number of carbonyl (C=O) groups excluding carboxylic acids is 7. The average molecular weight is 1500 g/mol. The highest BCUT2D eigenvalue weighted by molar-refractivity contribution is 8.10. The van der Waals surface area contributed by atoms with Crippen molar-refractivity contribution in [3.8, 4) is 23.0 Å². The molecule has 3 aromatic carbocycles. The number of hydrogen-bond acceptors (Lipinski definition) is 25. The van der Waals surface area contributed by atoms with E-state index in [0.717, 1.165) is 11.9 Å². The number of phenols is 2. The molecule has 23 N–H and O–H groups in total. The number of esters is 7. The molecule has 3 aromatic rings. The van der Waals surface area contributed by atoms with E-state index < -0.39 is 84.0 Å². The summed E-state index contributed by atoms with van der Waals surface area (Å²) in [6.45, 7) is 1.76. The summed E-state index contributed by atoms with van der Waals surface area (Å²) in [6, 6.07) is 14.1. The van der Waals surface area contributed by atoms with Crippen LogP contribution in [-0.2, 0) is 67.5 Å². The molecule has 2 heterocycles. The molecule has 0 radical (unpaired) electrons. The van der Waals surface area contributed by atoms with Crippen molar-refractivity contribution in [3.63, 3.8) is 0 Å². The largest absolute Gasteiger partial charge is 0.508 e. The van der Waals surface area contributed by atoms with Crippen molar-refractivity contribution in [1.29, 1.82) is 0 Å². The van der Waals surface area contributed by atoms with Crippen LogP contribution in [0, 0.1) is 0 Å². The van der Waals surface area contributed by atoms with Crippen LogP contribution in [0.25, 0.3) is 0 Å². The Labute approximate surface area is 613 Å². The van der Waals surface area contributed by atoms with Crippen LogP contribution in [0.3, 0.4) is 0 Å². The smallest absolute Gasteiger partial charge is 0.342 e. The molecule has 0 aromatic heterocycles. The molecule has 0 amide bonds. The van der Waals surface area contributed by atoms with Gasteiger partial charge < -0.3 is 105 Å². The number of phenolic OH excluding ortho intramolecular Hbond substituents is 2. The Kier molecular flexibility index (Phi) is 36.2. The molecular weight excluding hydrogens is 1390 g/mol. The lowest BCUT2D eigenvalue weighted by molar-refractivity contribution is -0.262. The molecule has 3 aliphatic rings. The van der Waals surface area contributed by atoms with Crippen LogP contribution < -0.4 is 66.8 Å². The standard InChI is InChI=1S/C68H99N17O17S.ClH/c69-63(70)79-32-13-1-7-22-49(88)96-56-57(97-50(89)23-8-2-14-33-80-64(71)72)59(99-52(91)25-10-4-16-35-82-66(75)76)61(60(100-53(92)26-11-5-17-36-83-67(77)78)58(56)98-51(90)24-9-3-15-34-81-65(73)74)101-54(93)27-12-6-18-37-85-103-40-84-46-21-19-20-45-55(46)62(94)102-68(45)43-30-28-41(86)38-47(43)95-48-39-42(87)29-31-44(48)68;/h19-21,28-31,38-40,56-61,85-87H,1-18,22-27,32-37H2,(H4,69,70,79)(H4,71,72,80)(H4,73,74,81)(H4,75,76,82)(H4,77,78,83);1H/t56?,57-,58+,59+,60-,61?;. The molecule has 1 fully saturated rings. The Morgan fingerprint density at radius 2 is 0.740 bits per heavy atom. The minimum Gasteiger partial charge on any atom is -0.508 e. The van der Waals surface area contributed by atoms with Crippen molar-refractivity contribution < 1.29 is 81.7 Å². The molecule has 0 saturated heterocycles. The summed E-state index contributed by atoms with van der Waals surface area (Å²) in [5, 5.41) is 20.7. The minimum atomic E-state index is -1.88. The SMILES string of the molecule is Cl.NC(N)=NCCCCCC(=O)OC1[C@@H](OC(=O)CCCCCN=C(N)N)[C@H](OC(=O)CCCCCN=C(N)N)C(OC(=O)CCCCCNSC=Nc2cccc3c2C(=O)OC32c3ccc(O)cc3Oc3cc(O)ccc32)[C@H](OC(=O)CCCCCN=C(N)N)[C@H]1OC(=O)CCCCCN=C(N)N. The molecule has 36 heteroatoms. The molecule has 1 spiro atoms. The summed E-state index contributed by atoms with van der Waals surface area (Å²) in [5.41, 5.74) is 57.1. The molecule has 34 nitrogen and oxygen atoms in total. The van der Waals surface area contributed by atoms with E-state index in [-0.39, 0.29) is 181 Å². The van der Waals surface area contributed by atoms with Gasteiger partial charge in [0.1, 0.15) is 23.0 Å². The molecular formula is C68H100ClN17O17S. The second-order valence-corrected chi connectivity index (χ2v) is 25.3. The van der Waals surface area contributed by atoms with E-state index in [9.17, 15) is 43.8 Å². The number of unbranched alkanes of at least 4 members (excludes halogenated alkanes) is 12. The van der Waals surface area contributed by atoms with Crippen molar-refractivity contribution in [1.82, 2.24) is 4.72 Å². The fraction of sp³-hybridized carbons (Fsp3) is 0.544. The minimum absolute atomic E-state index is 0. The topological polar surface area (TPSA) is 580 Å². The quantitative estimate of drug-likeness (QED) is 0.00941. The zero-order chi connectivity index (χ0) is 74.7. The summed E-state index contributed by atoms with van der Waals surface area (Å²) in [5.74, 6) is -6.17. The predicted molar refractivity (Wildman–Crippen MR) is 392 cm³/mol. The van der Waals surface area contributed by atoms with Crippen LogP contribution in [0.15, 0.2) is 84.6 Å². The zero-order valence-corrected chi connectivity index (χ0v) is 59.9. The van der Waals surface area contributed by atoms with E-state index in [1.54, 1.807) is 30.3 Å². The average Bonchev–Trinajstić information content (AvgIpc) is 1.49. The highest BCUT2D eigenvalue weighted by Gasteiger charge is 2.61. The number of rotatable bonds is 45. The number of aromatic hydroxyl groups is 2. The van der Waals surface area contributed by atoms with Gasteiger partial charge >= 0.3 is 41.8 Å². The van der Waals surface area contributed by atoms with Crippen LogP contribution >= 0.6 is 24.4 Å². The maximum absolute atomic E-state index is 14.5. The third-order valence-corrected chi connectivity index (χ3v) is 17.1. The summed E-state index contributed by atoms with van der Waals surface area (Å²) in [6.07, 6.45) is -5.65. The number of halogens is 1. The lowest BCUT2D eigenvalue weighted by Gasteiger charge is -2.47. The molecule has 0 bridgehead atoms. The number of ether oxygens (including phenoxy) is 8. The number of fused-ring (bicyclic) bond motifs is 6. The monoisotopic (exact) mass is 1490 g/mol. The van der Waals surface area contributed by atoms with Gasteiger partial charge in [-0.1, -0.05) is 50.7 Å². The molecule has 6 atom stereocenters. The Balaban J connectivity index is 0.0000194. The predicted octanol–water partition coefficient (Wildman–Crippen LogP) is 4.20. The fourth-order valence-corrected chi connectivity index (χ4v) is 12.2. The van der Waals surface area contributed by atoms with E-state index in [1.165, 1.54) is 29.8 Å². The van der Waals surface area contributed by atoms with E-state index >= 15 is 0 Å². The lowest BCUT2D eigenvalue weighted by Crippen LogP contribution is -2.69. The summed E-state index contributed by atoms with van der Waals surface area (Å²) in [4.78, 5) is 125. The van der Waals surface area contributed by atoms with Crippen molar-refractivity contribution >= 4 is 107 Å². The number of aliphatic imine (C=N–C) groups is 6. The van der Waals surface area contributed by atoms with Gasteiger partial charge in [0.05, 0.1) is 16.8 Å². The zero-order valence-electron chi connectivity index (χ0n) is 58.2. The molecule has 2 unspecified atom stereocenters. The number of carbonyl (C=O) groups is 7. The molecule has 6 rings (SSSR count). The second kappa shape index (κ2) is 44.5. The van der Waals surface area contributed by atoms with E-state index in [4.69, 9.17) is 95.2 Å². The molecule has 2 aliphatic heterocycles. The Morgan fingerprint density at radius 3 is 1.05 bits per heavy atom. The highest BCUT2D eigenvalue weighted by atomic mass is 35.5. The Hall–Kier alpha value is -10.0. The van der Waals surface area contributed by atoms with Gasteiger partial charge in [0.15, 0.2) is 72.0 Å². The van der Waals surface area contributed by atoms with Gasteiger partial charge in [0.2, 0.25) is 0 Å². The number of nitrogens with one attached hydrogen (secondary N) is 1.